The van der Waals surface area contributed by atoms with Gasteiger partial charge in [0.25, 0.3) is 0 Å². The van der Waals surface area contributed by atoms with Crippen molar-refractivity contribution >= 4 is 12.0 Å². The van der Waals surface area contributed by atoms with Crippen molar-refractivity contribution in [2.45, 2.75) is 70.7 Å². The summed E-state index contributed by atoms with van der Waals surface area (Å²) in [5.41, 5.74) is 0.731. The smallest absolute Gasteiger partial charge is 0.407 e. The molecule has 1 aromatic heterocycles. The highest BCUT2D eigenvalue weighted by atomic mass is 16.6. The molecule has 0 unspecified atom stereocenters. The number of hydrogen-bond acceptors (Lipinski definition) is 5. The number of ether oxygens (including phenoxy) is 1. The van der Waals surface area contributed by atoms with Gasteiger partial charge in [-0.3, -0.25) is 0 Å². The van der Waals surface area contributed by atoms with Gasteiger partial charge in [-0.25, -0.2) is 9.78 Å². The summed E-state index contributed by atoms with van der Waals surface area (Å²) in [6.07, 6.45) is 5.68. The third-order valence-electron chi connectivity index (χ3n) is 4.48. The predicted molar refractivity (Wildman–Crippen MR) is 99.8 cm³/mol. The summed E-state index contributed by atoms with van der Waals surface area (Å²) in [5.74, 6) is 0.960. The number of imidazole rings is 1. The summed E-state index contributed by atoms with van der Waals surface area (Å²) in [5, 5.41) is 6.61. The first kappa shape index (κ1) is 19.6. The fraction of sp³-hybridized carbons (Fsp3) is 0.778. The standard InChI is InChI=1S/C18H33N5O2/c1-18(2,3)25-17(24)21-14-9-7-13(8-10-14)19-11-15-12-20-16(22(4)5)23(15)6/h12-14,19H,7-11H2,1-6H3,(H,21,24). The maximum atomic E-state index is 11.9. The Bertz CT molecular complexity index is 569. The van der Waals surface area contributed by atoms with Gasteiger partial charge in [-0.2, -0.15) is 0 Å². The van der Waals surface area contributed by atoms with Crippen molar-refractivity contribution in [3.05, 3.63) is 11.9 Å². The van der Waals surface area contributed by atoms with Crippen LogP contribution in [0.4, 0.5) is 10.7 Å². The molecule has 0 radical (unpaired) electrons. The molecular formula is C18H33N5O2. The van der Waals surface area contributed by atoms with Crippen molar-refractivity contribution in [2.75, 3.05) is 19.0 Å². The minimum absolute atomic E-state index is 0.213. The Kier molecular flexibility index (Phi) is 6.32. The third kappa shape index (κ3) is 5.92. The molecule has 1 fully saturated rings. The number of rotatable bonds is 5. The van der Waals surface area contributed by atoms with E-state index in [1.807, 2.05) is 53.0 Å². The lowest BCUT2D eigenvalue weighted by molar-refractivity contribution is 0.0489. The van der Waals surface area contributed by atoms with Gasteiger partial charge in [0.2, 0.25) is 5.95 Å². The topological polar surface area (TPSA) is 71.4 Å². The maximum absolute atomic E-state index is 11.9. The lowest BCUT2D eigenvalue weighted by atomic mass is 9.91. The van der Waals surface area contributed by atoms with Gasteiger partial charge >= 0.3 is 6.09 Å². The van der Waals surface area contributed by atoms with Crippen LogP contribution in [-0.2, 0) is 18.3 Å². The van der Waals surface area contributed by atoms with Gasteiger partial charge in [0.1, 0.15) is 5.60 Å². The fourth-order valence-corrected chi connectivity index (χ4v) is 3.18. The van der Waals surface area contributed by atoms with Crippen molar-refractivity contribution in [1.82, 2.24) is 20.2 Å². The molecule has 25 heavy (non-hydrogen) atoms. The Balaban J connectivity index is 1.73. The minimum atomic E-state index is -0.447. The molecule has 1 heterocycles. The van der Waals surface area contributed by atoms with Crippen molar-refractivity contribution < 1.29 is 9.53 Å². The fourth-order valence-electron chi connectivity index (χ4n) is 3.18. The molecule has 1 aromatic rings. The van der Waals surface area contributed by atoms with Gasteiger partial charge in [-0.15, -0.1) is 0 Å². The van der Waals surface area contributed by atoms with E-state index in [9.17, 15) is 4.79 Å². The van der Waals surface area contributed by atoms with Crippen LogP contribution < -0.4 is 15.5 Å². The van der Waals surface area contributed by atoms with E-state index in [0.29, 0.717) is 6.04 Å². The first-order chi connectivity index (χ1) is 11.7. The van der Waals surface area contributed by atoms with E-state index in [4.69, 9.17) is 4.74 Å². The highest BCUT2D eigenvalue weighted by Crippen LogP contribution is 2.20. The molecular weight excluding hydrogens is 318 g/mol. The van der Waals surface area contributed by atoms with E-state index in [0.717, 1.165) is 38.2 Å². The average molecular weight is 351 g/mol. The maximum Gasteiger partial charge on any atom is 0.407 e. The van der Waals surface area contributed by atoms with Crippen molar-refractivity contribution in [2.24, 2.45) is 7.05 Å². The average Bonchev–Trinajstić information content (AvgIpc) is 2.86. The second-order valence-electron chi connectivity index (χ2n) is 8.08. The molecule has 7 heteroatoms. The molecule has 1 amide bonds. The Labute approximate surface area is 151 Å². The van der Waals surface area contributed by atoms with Crippen molar-refractivity contribution in [3.63, 3.8) is 0 Å². The molecule has 1 aliphatic carbocycles. The lowest BCUT2D eigenvalue weighted by Gasteiger charge is -2.30. The van der Waals surface area contributed by atoms with E-state index in [1.54, 1.807) is 0 Å². The number of anilines is 1. The number of nitrogens with one attached hydrogen (secondary N) is 2. The predicted octanol–water partition coefficient (Wildman–Crippen LogP) is 2.41. The molecule has 0 spiro atoms. The molecule has 2 rings (SSSR count). The number of alkyl carbamates (subject to hydrolysis) is 1. The highest BCUT2D eigenvalue weighted by molar-refractivity contribution is 5.68. The summed E-state index contributed by atoms with van der Waals surface area (Å²) in [7, 11) is 6.04. The number of hydrogen-bond donors (Lipinski definition) is 2. The number of amides is 1. The minimum Gasteiger partial charge on any atom is -0.444 e. The monoisotopic (exact) mass is 351 g/mol. The molecule has 0 aliphatic heterocycles. The number of nitrogens with zero attached hydrogens (tertiary/aromatic N) is 3. The van der Waals surface area contributed by atoms with Crippen LogP contribution in [0.1, 0.15) is 52.1 Å². The molecule has 1 saturated carbocycles. The van der Waals surface area contributed by atoms with Gasteiger partial charge in [0.05, 0.1) is 11.9 Å². The highest BCUT2D eigenvalue weighted by Gasteiger charge is 2.24. The zero-order valence-corrected chi connectivity index (χ0v) is 16.4. The van der Waals surface area contributed by atoms with E-state index in [-0.39, 0.29) is 12.1 Å². The number of carbonyl (C=O) groups excluding carboxylic acids is 1. The Morgan fingerprint density at radius 3 is 2.40 bits per heavy atom. The normalized spacial score (nSPS) is 21.0. The first-order valence-electron chi connectivity index (χ1n) is 9.06. The van der Waals surface area contributed by atoms with Crippen molar-refractivity contribution in [3.8, 4) is 0 Å². The zero-order chi connectivity index (χ0) is 18.6. The number of carbonyl (C=O) groups is 1. The second kappa shape index (κ2) is 8.08. The summed E-state index contributed by atoms with van der Waals surface area (Å²) in [6, 6.07) is 0.694. The van der Waals surface area contributed by atoms with E-state index < -0.39 is 5.60 Å². The van der Waals surface area contributed by atoms with Crippen LogP contribution in [0.2, 0.25) is 0 Å². The molecule has 7 nitrogen and oxygen atoms in total. The first-order valence-corrected chi connectivity index (χ1v) is 9.06. The van der Waals surface area contributed by atoms with Crippen LogP contribution >= 0.6 is 0 Å². The Morgan fingerprint density at radius 2 is 1.88 bits per heavy atom. The second-order valence-corrected chi connectivity index (χ2v) is 8.08. The lowest BCUT2D eigenvalue weighted by Crippen LogP contribution is -2.43. The van der Waals surface area contributed by atoms with Crippen LogP contribution in [-0.4, -0.2) is 47.4 Å². The van der Waals surface area contributed by atoms with Gasteiger partial charge in [0.15, 0.2) is 0 Å². The molecule has 0 aromatic carbocycles. The SMILES string of the molecule is CN(C)c1ncc(CNC2CCC(NC(=O)OC(C)(C)C)CC2)n1C. The zero-order valence-electron chi connectivity index (χ0n) is 16.4. The van der Waals surface area contributed by atoms with Crippen LogP contribution in [0.5, 0.6) is 0 Å². The van der Waals surface area contributed by atoms with Gasteiger partial charge in [-0.05, 0) is 46.5 Å². The molecule has 0 bridgehead atoms. The van der Waals surface area contributed by atoms with Gasteiger partial charge in [0, 0.05) is 39.8 Å². The summed E-state index contributed by atoms with van der Waals surface area (Å²) in [6.45, 7) is 6.46. The van der Waals surface area contributed by atoms with Crippen LogP contribution in [0.15, 0.2) is 6.20 Å². The third-order valence-corrected chi connectivity index (χ3v) is 4.48. The molecule has 1 aliphatic rings. The quantitative estimate of drug-likeness (QED) is 0.852. The van der Waals surface area contributed by atoms with E-state index >= 15 is 0 Å². The van der Waals surface area contributed by atoms with Gasteiger partial charge < -0.3 is 24.8 Å². The Morgan fingerprint density at radius 1 is 1.28 bits per heavy atom. The van der Waals surface area contributed by atoms with Crippen LogP contribution in [0.3, 0.4) is 0 Å². The molecule has 2 N–H and O–H groups in total. The summed E-state index contributed by atoms with van der Waals surface area (Å²) < 4.78 is 7.44. The van der Waals surface area contributed by atoms with Crippen molar-refractivity contribution in [1.29, 1.82) is 0 Å². The van der Waals surface area contributed by atoms with Gasteiger partial charge in [-0.1, -0.05) is 0 Å². The molecule has 0 atom stereocenters. The molecule has 142 valence electrons. The largest absolute Gasteiger partial charge is 0.444 e. The van der Waals surface area contributed by atoms with E-state index in [2.05, 4.69) is 20.2 Å². The summed E-state index contributed by atoms with van der Waals surface area (Å²) >= 11 is 0. The van der Waals surface area contributed by atoms with E-state index in [1.165, 1.54) is 5.69 Å². The Hall–Kier alpha value is -1.76. The van der Waals surface area contributed by atoms with Crippen LogP contribution in [0, 0.1) is 0 Å². The number of aromatic nitrogens is 2. The summed E-state index contributed by atoms with van der Waals surface area (Å²) in [4.78, 5) is 18.3. The van der Waals surface area contributed by atoms with Crippen LogP contribution in [0.25, 0.3) is 0 Å². The molecule has 0 saturated heterocycles.